The number of nitrogens with zero attached hydrogens (tertiary/aromatic N) is 5. The van der Waals surface area contributed by atoms with Crippen LogP contribution >= 0.6 is 23.5 Å². The van der Waals surface area contributed by atoms with Crippen LogP contribution in [0.15, 0.2) is 28.7 Å². The number of amides is 2. The molecule has 2 amide bonds. The quantitative estimate of drug-likeness (QED) is 0.361. The molecule has 0 bridgehead atoms. The van der Waals surface area contributed by atoms with Crippen molar-refractivity contribution < 1.29 is 9.59 Å². The molecule has 1 aliphatic carbocycles. The summed E-state index contributed by atoms with van der Waals surface area (Å²) >= 11 is 7.47. The Labute approximate surface area is 197 Å². The fraction of sp³-hybridized carbons (Fsp3) is 0.455. The number of hydrogen-bond acceptors (Lipinski definition) is 5. The monoisotopic (exact) mass is 474 g/mol. The lowest BCUT2D eigenvalue weighted by Crippen LogP contribution is -2.43. The molecule has 1 aromatic carbocycles. The summed E-state index contributed by atoms with van der Waals surface area (Å²) < 4.78 is 5.97. The minimum atomic E-state index is -0.273. The highest BCUT2D eigenvalue weighted by molar-refractivity contribution is 7.99. The third-order valence-corrected chi connectivity index (χ3v) is 7.04. The summed E-state index contributed by atoms with van der Waals surface area (Å²) in [5, 5.41) is 7.94. The van der Waals surface area contributed by atoms with Crippen LogP contribution in [0, 0.1) is 0 Å². The van der Waals surface area contributed by atoms with Crippen molar-refractivity contribution in [2.75, 3.05) is 27.2 Å². The maximum atomic E-state index is 13.2. The summed E-state index contributed by atoms with van der Waals surface area (Å²) in [6, 6.07) is 7.31. The van der Waals surface area contributed by atoms with Crippen molar-refractivity contribution >= 4 is 41.7 Å². The van der Waals surface area contributed by atoms with Gasteiger partial charge in [0, 0.05) is 51.4 Å². The van der Waals surface area contributed by atoms with Gasteiger partial charge in [0.1, 0.15) is 5.69 Å². The van der Waals surface area contributed by atoms with Crippen LogP contribution in [-0.4, -0.2) is 69.7 Å². The first-order valence-electron chi connectivity index (χ1n) is 10.5. The van der Waals surface area contributed by atoms with Crippen LogP contribution in [0.3, 0.4) is 0 Å². The smallest absolute Gasteiger partial charge is 0.272 e. The molecule has 10 heteroatoms. The van der Waals surface area contributed by atoms with Crippen LogP contribution in [0.1, 0.15) is 44.9 Å². The zero-order valence-electron chi connectivity index (χ0n) is 18.5. The number of aryl methyl sites for hydroxylation is 1. The Kier molecular flexibility index (Phi) is 6.48. The molecule has 0 unspecified atom stereocenters. The molecule has 32 heavy (non-hydrogen) atoms. The maximum Gasteiger partial charge on any atom is 0.272 e. The van der Waals surface area contributed by atoms with E-state index in [9.17, 15) is 9.59 Å². The van der Waals surface area contributed by atoms with E-state index in [1.54, 1.807) is 37.5 Å². The van der Waals surface area contributed by atoms with Crippen molar-refractivity contribution in [3.05, 3.63) is 51.8 Å². The fourth-order valence-corrected chi connectivity index (χ4v) is 4.85. The zero-order chi connectivity index (χ0) is 22.9. The van der Waals surface area contributed by atoms with E-state index < -0.39 is 0 Å². The minimum Gasteiger partial charge on any atom is -0.368 e. The van der Waals surface area contributed by atoms with Gasteiger partial charge in [0.05, 0.1) is 11.1 Å². The molecule has 4 rings (SSSR count). The molecule has 1 aromatic heterocycles. The van der Waals surface area contributed by atoms with Crippen LogP contribution < -0.4 is 5.32 Å². The van der Waals surface area contributed by atoms with Crippen molar-refractivity contribution in [2.24, 2.45) is 11.4 Å². The summed E-state index contributed by atoms with van der Waals surface area (Å²) in [5.74, 6) is -0.341. The van der Waals surface area contributed by atoms with Gasteiger partial charge in [0.15, 0.2) is 5.69 Å². The Bertz CT molecular complexity index is 1050. The number of nitrogens with one attached hydrogen (secondary N) is 1. The van der Waals surface area contributed by atoms with E-state index in [2.05, 4.69) is 14.8 Å². The van der Waals surface area contributed by atoms with E-state index >= 15 is 0 Å². The van der Waals surface area contributed by atoms with Gasteiger partial charge in [0.2, 0.25) is 0 Å². The van der Waals surface area contributed by atoms with E-state index in [1.807, 2.05) is 36.0 Å². The molecule has 1 aliphatic heterocycles. The summed E-state index contributed by atoms with van der Waals surface area (Å²) in [4.78, 5) is 29.8. The van der Waals surface area contributed by atoms with Gasteiger partial charge in [-0.15, -0.1) is 0 Å². The standard InChI is InChI=1S/C22H27ClN6O2S/c1-27(2)14-25-32-22(9-10-22)13-29-11-8-17-18(26-28(3)19(17)21(29)31)20(30)24-12-15-4-6-16(23)7-5-15/h4-7,14H,8-13H2,1-3H3,(H,24,30)/b25-14+. The lowest BCUT2D eigenvalue weighted by molar-refractivity contribution is 0.0725. The molecule has 170 valence electrons. The topological polar surface area (TPSA) is 82.8 Å². The molecular weight excluding hydrogens is 448 g/mol. The lowest BCUT2D eigenvalue weighted by Gasteiger charge is -2.30. The maximum absolute atomic E-state index is 13.2. The van der Waals surface area contributed by atoms with Crippen LogP contribution in [0.2, 0.25) is 5.02 Å². The molecule has 1 N–H and O–H groups in total. The predicted molar refractivity (Wildman–Crippen MR) is 127 cm³/mol. The largest absolute Gasteiger partial charge is 0.368 e. The highest BCUT2D eigenvalue weighted by atomic mass is 35.5. The first-order chi connectivity index (χ1) is 15.3. The van der Waals surface area contributed by atoms with E-state index in [0.717, 1.165) is 24.0 Å². The first-order valence-corrected chi connectivity index (χ1v) is 11.7. The molecule has 2 heterocycles. The number of carbonyl (C=O) groups is 2. The van der Waals surface area contributed by atoms with Gasteiger partial charge in [-0.3, -0.25) is 14.3 Å². The summed E-state index contributed by atoms with van der Waals surface area (Å²) in [6.07, 6.45) is 4.49. The highest BCUT2D eigenvalue weighted by Crippen LogP contribution is 2.49. The van der Waals surface area contributed by atoms with Crippen molar-refractivity contribution in [3.8, 4) is 0 Å². The second kappa shape index (κ2) is 9.15. The van der Waals surface area contributed by atoms with Crippen LogP contribution in [-0.2, 0) is 20.0 Å². The molecule has 1 saturated carbocycles. The van der Waals surface area contributed by atoms with Gasteiger partial charge >= 0.3 is 0 Å². The molecule has 8 nitrogen and oxygen atoms in total. The minimum absolute atomic E-state index is 0.00293. The Morgan fingerprint density at radius 1 is 1.34 bits per heavy atom. The van der Waals surface area contributed by atoms with Crippen LogP contribution in [0.25, 0.3) is 0 Å². The van der Waals surface area contributed by atoms with Gasteiger partial charge in [-0.1, -0.05) is 23.7 Å². The fourth-order valence-electron chi connectivity index (χ4n) is 3.77. The van der Waals surface area contributed by atoms with Gasteiger partial charge < -0.3 is 15.1 Å². The van der Waals surface area contributed by atoms with Crippen LogP contribution in [0.4, 0.5) is 0 Å². The SMILES string of the molecule is CN(C)/C=N/SC1(CN2CCc3c(C(=O)NCc4ccc(Cl)cc4)nn(C)c3C2=O)CC1. The average Bonchev–Trinajstić information content (AvgIpc) is 3.42. The lowest BCUT2D eigenvalue weighted by atomic mass is 10.0. The third kappa shape index (κ3) is 4.94. The second-order valence-corrected chi connectivity index (χ2v) is 10.2. The molecule has 1 fully saturated rings. The van der Waals surface area contributed by atoms with E-state index in [-0.39, 0.29) is 16.6 Å². The zero-order valence-corrected chi connectivity index (χ0v) is 20.0. The Hall–Kier alpha value is -2.52. The van der Waals surface area contributed by atoms with E-state index in [4.69, 9.17) is 11.6 Å². The molecule has 0 spiro atoms. The van der Waals surface area contributed by atoms with E-state index in [1.165, 1.54) is 4.68 Å². The van der Waals surface area contributed by atoms with Crippen molar-refractivity contribution in [3.63, 3.8) is 0 Å². The van der Waals surface area contributed by atoms with Crippen molar-refractivity contribution in [2.45, 2.75) is 30.6 Å². The number of hydrogen-bond donors (Lipinski definition) is 1. The van der Waals surface area contributed by atoms with Crippen LogP contribution in [0.5, 0.6) is 0 Å². The molecule has 2 aliphatic rings. The van der Waals surface area contributed by atoms with Gasteiger partial charge in [-0.25, -0.2) is 4.40 Å². The van der Waals surface area contributed by atoms with Gasteiger partial charge in [-0.2, -0.15) is 5.10 Å². The molecule has 0 saturated heterocycles. The number of halogens is 1. The summed E-state index contributed by atoms with van der Waals surface area (Å²) in [6.45, 7) is 1.60. The van der Waals surface area contributed by atoms with Crippen molar-refractivity contribution in [1.29, 1.82) is 0 Å². The Morgan fingerprint density at radius 2 is 2.06 bits per heavy atom. The molecule has 0 radical (unpaired) electrons. The number of benzene rings is 1. The first kappa shape index (κ1) is 22.7. The predicted octanol–water partition coefficient (Wildman–Crippen LogP) is 2.77. The van der Waals surface area contributed by atoms with Gasteiger partial charge in [0.25, 0.3) is 11.8 Å². The number of carbonyl (C=O) groups excluding carboxylic acids is 2. The molecular formula is C22H27ClN6O2S. The Balaban J connectivity index is 1.43. The second-order valence-electron chi connectivity index (χ2n) is 8.54. The van der Waals surface area contributed by atoms with E-state index in [0.29, 0.717) is 42.5 Å². The summed E-state index contributed by atoms with van der Waals surface area (Å²) in [5.41, 5.74) is 2.51. The number of rotatable bonds is 8. The highest BCUT2D eigenvalue weighted by Gasteiger charge is 2.47. The number of fused-ring (bicyclic) bond motifs is 1. The van der Waals surface area contributed by atoms with Crippen molar-refractivity contribution in [1.82, 2.24) is 24.9 Å². The molecule has 0 atom stereocenters. The molecule has 2 aromatic rings. The van der Waals surface area contributed by atoms with Gasteiger partial charge in [-0.05, 0) is 48.9 Å². The average molecular weight is 475 g/mol. The number of aromatic nitrogens is 2. The Morgan fingerprint density at radius 3 is 2.72 bits per heavy atom. The normalized spacial score (nSPS) is 16.9. The third-order valence-electron chi connectivity index (χ3n) is 5.66. The summed E-state index contributed by atoms with van der Waals surface area (Å²) in [7, 11) is 5.59.